The third-order valence-corrected chi connectivity index (χ3v) is 2.21. The van der Waals surface area contributed by atoms with Gasteiger partial charge in [0, 0.05) is 13.2 Å². The van der Waals surface area contributed by atoms with Gasteiger partial charge in [-0.2, -0.15) is 0 Å². The fourth-order valence-corrected chi connectivity index (χ4v) is 1.45. The third-order valence-electron chi connectivity index (χ3n) is 2.21. The zero-order valence-electron chi connectivity index (χ0n) is 7.94. The lowest BCUT2D eigenvalue weighted by Gasteiger charge is -2.10. The Hall–Kier alpha value is -1.36. The molecule has 1 aromatic heterocycles. The number of anilines is 2. The molecular formula is C9H14N4O. The van der Waals surface area contributed by atoms with E-state index in [0.717, 1.165) is 31.8 Å². The van der Waals surface area contributed by atoms with Gasteiger partial charge in [0.05, 0.1) is 18.5 Å². The van der Waals surface area contributed by atoms with Crippen LogP contribution in [0.3, 0.4) is 0 Å². The van der Waals surface area contributed by atoms with E-state index in [0.29, 0.717) is 11.9 Å². The second kappa shape index (κ2) is 4.23. The van der Waals surface area contributed by atoms with Crippen LogP contribution in [0.1, 0.15) is 12.8 Å². The van der Waals surface area contributed by atoms with E-state index < -0.39 is 0 Å². The highest BCUT2D eigenvalue weighted by molar-refractivity contribution is 5.35. The molecule has 1 fully saturated rings. The van der Waals surface area contributed by atoms with Crippen LogP contribution in [0.4, 0.5) is 11.6 Å². The standard InChI is InChI=1S/C9H14N4O/c10-8-5-13-9(6-11-8)12-4-7-2-1-3-14-7/h5-7H,1-4H2,(H2,10,11)(H,12,13). The van der Waals surface area contributed by atoms with Crippen molar-refractivity contribution in [2.45, 2.75) is 18.9 Å². The molecule has 76 valence electrons. The molecule has 1 aliphatic rings. The number of nitrogens with zero attached hydrogens (tertiary/aromatic N) is 2. The van der Waals surface area contributed by atoms with Crippen LogP contribution in [0.15, 0.2) is 12.4 Å². The average molecular weight is 194 g/mol. The topological polar surface area (TPSA) is 73.1 Å². The fourth-order valence-electron chi connectivity index (χ4n) is 1.45. The van der Waals surface area contributed by atoms with Gasteiger partial charge in [0.25, 0.3) is 0 Å². The molecule has 0 aromatic carbocycles. The van der Waals surface area contributed by atoms with Gasteiger partial charge in [0.1, 0.15) is 11.6 Å². The van der Waals surface area contributed by atoms with Crippen LogP contribution in [0.2, 0.25) is 0 Å². The number of ether oxygens (including phenoxy) is 1. The van der Waals surface area contributed by atoms with Crippen molar-refractivity contribution in [3.63, 3.8) is 0 Å². The Kier molecular flexibility index (Phi) is 2.78. The van der Waals surface area contributed by atoms with Gasteiger partial charge in [0.2, 0.25) is 0 Å². The van der Waals surface area contributed by atoms with E-state index in [1.54, 1.807) is 6.20 Å². The molecule has 14 heavy (non-hydrogen) atoms. The molecule has 3 N–H and O–H groups in total. The summed E-state index contributed by atoms with van der Waals surface area (Å²) in [4.78, 5) is 8.02. The maximum atomic E-state index is 5.46. The van der Waals surface area contributed by atoms with Crippen molar-refractivity contribution in [3.8, 4) is 0 Å². The van der Waals surface area contributed by atoms with Crippen molar-refractivity contribution in [3.05, 3.63) is 12.4 Å². The molecule has 0 bridgehead atoms. The summed E-state index contributed by atoms with van der Waals surface area (Å²) in [5.41, 5.74) is 5.42. The zero-order chi connectivity index (χ0) is 9.80. The third kappa shape index (κ3) is 2.32. The molecule has 1 atom stereocenters. The molecule has 1 aromatic rings. The van der Waals surface area contributed by atoms with Crippen molar-refractivity contribution < 1.29 is 4.74 Å². The number of nitrogens with two attached hydrogens (primary N) is 1. The molecular weight excluding hydrogens is 180 g/mol. The predicted octanol–water partition coefficient (Wildman–Crippen LogP) is 0.650. The molecule has 5 nitrogen and oxygen atoms in total. The van der Waals surface area contributed by atoms with Gasteiger partial charge in [-0.3, -0.25) is 0 Å². The van der Waals surface area contributed by atoms with Crippen LogP contribution in [0.25, 0.3) is 0 Å². The van der Waals surface area contributed by atoms with Crippen molar-refractivity contribution in [1.82, 2.24) is 9.97 Å². The highest BCUT2D eigenvalue weighted by Gasteiger charge is 2.14. The van der Waals surface area contributed by atoms with Crippen molar-refractivity contribution in [2.24, 2.45) is 0 Å². The van der Waals surface area contributed by atoms with Gasteiger partial charge in [-0.05, 0) is 12.8 Å². The molecule has 0 spiro atoms. The average Bonchev–Trinajstić information content (AvgIpc) is 2.70. The number of hydrogen-bond donors (Lipinski definition) is 2. The predicted molar refractivity (Wildman–Crippen MR) is 53.9 cm³/mol. The first-order chi connectivity index (χ1) is 6.84. The summed E-state index contributed by atoms with van der Waals surface area (Å²) >= 11 is 0. The molecule has 0 aliphatic carbocycles. The Bertz CT molecular complexity index is 281. The van der Waals surface area contributed by atoms with Gasteiger partial charge in [0.15, 0.2) is 0 Å². The number of hydrogen-bond acceptors (Lipinski definition) is 5. The van der Waals surface area contributed by atoms with Crippen LogP contribution in [-0.4, -0.2) is 29.2 Å². The Morgan fingerprint density at radius 2 is 2.43 bits per heavy atom. The number of aromatic nitrogens is 2. The van der Waals surface area contributed by atoms with E-state index in [4.69, 9.17) is 10.5 Å². The van der Waals surface area contributed by atoms with E-state index >= 15 is 0 Å². The SMILES string of the molecule is Nc1cnc(NCC2CCCO2)cn1. The molecule has 1 unspecified atom stereocenters. The van der Waals surface area contributed by atoms with E-state index in [1.165, 1.54) is 6.20 Å². The quantitative estimate of drug-likeness (QED) is 0.739. The first kappa shape index (κ1) is 9.21. The molecule has 0 amide bonds. The molecule has 2 rings (SSSR count). The summed E-state index contributed by atoms with van der Waals surface area (Å²) < 4.78 is 5.46. The van der Waals surface area contributed by atoms with Gasteiger partial charge in [-0.1, -0.05) is 0 Å². The molecule has 2 heterocycles. The van der Waals surface area contributed by atoms with Crippen LogP contribution in [-0.2, 0) is 4.74 Å². The monoisotopic (exact) mass is 194 g/mol. The van der Waals surface area contributed by atoms with Crippen LogP contribution in [0.5, 0.6) is 0 Å². The minimum atomic E-state index is 0.314. The lowest BCUT2D eigenvalue weighted by atomic mass is 10.2. The fraction of sp³-hybridized carbons (Fsp3) is 0.556. The van der Waals surface area contributed by atoms with Crippen LogP contribution >= 0.6 is 0 Å². The Balaban J connectivity index is 1.82. The second-order valence-electron chi connectivity index (χ2n) is 3.34. The largest absolute Gasteiger partial charge is 0.382 e. The molecule has 0 radical (unpaired) electrons. The van der Waals surface area contributed by atoms with Crippen molar-refractivity contribution in [1.29, 1.82) is 0 Å². The molecule has 1 saturated heterocycles. The minimum absolute atomic E-state index is 0.314. The summed E-state index contributed by atoms with van der Waals surface area (Å²) in [6.45, 7) is 1.67. The number of nitrogens with one attached hydrogen (secondary N) is 1. The second-order valence-corrected chi connectivity index (χ2v) is 3.34. The van der Waals surface area contributed by atoms with E-state index in [2.05, 4.69) is 15.3 Å². The minimum Gasteiger partial charge on any atom is -0.382 e. The normalized spacial score (nSPS) is 21.0. The van der Waals surface area contributed by atoms with E-state index in [1.807, 2.05) is 0 Å². The van der Waals surface area contributed by atoms with Gasteiger partial charge >= 0.3 is 0 Å². The summed E-state index contributed by atoms with van der Waals surface area (Å²) in [7, 11) is 0. The Morgan fingerprint density at radius 1 is 1.50 bits per heavy atom. The maximum absolute atomic E-state index is 5.46. The van der Waals surface area contributed by atoms with Gasteiger partial charge < -0.3 is 15.8 Å². The zero-order valence-corrected chi connectivity index (χ0v) is 7.94. The van der Waals surface area contributed by atoms with Crippen LogP contribution < -0.4 is 11.1 Å². The first-order valence-electron chi connectivity index (χ1n) is 4.77. The van der Waals surface area contributed by atoms with Gasteiger partial charge in [-0.15, -0.1) is 0 Å². The first-order valence-corrected chi connectivity index (χ1v) is 4.77. The van der Waals surface area contributed by atoms with Crippen LogP contribution in [0, 0.1) is 0 Å². The van der Waals surface area contributed by atoms with Crippen molar-refractivity contribution >= 4 is 11.6 Å². The Labute approximate surface area is 82.7 Å². The summed E-state index contributed by atoms with van der Waals surface area (Å²) in [6.07, 6.45) is 5.76. The smallest absolute Gasteiger partial charge is 0.144 e. The lowest BCUT2D eigenvalue weighted by Crippen LogP contribution is -2.19. The lowest BCUT2D eigenvalue weighted by molar-refractivity contribution is 0.120. The van der Waals surface area contributed by atoms with Gasteiger partial charge in [-0.25, -0.2) is 9.97 Å². The summed E-state index contributed by atoms with van der Waals surface area (Å²) in [5.74, 6) is 1.18. The Morgan fingerprint density at radius 3 is 3.07 bits per heavy atom. The van der Waals surface area contributed by atoms with E-state index in [-0.39, 0.29) is 0 Å². The van der Waals surface area contributed by atoms with E-state index in [9.17, 15) is 0 Å². The number of nitrogen functional groups attached to an aromatic ring is 1. The highest BCUT2D eigenvalue weighted by Crippen LogP contribution is 2.12. The summed E-state index contributed by atoms with van der Waals surface area (Å²) in [5, 5.41) is 3.16. The number of rotatable bonds is 3. The summed E-state index contributed by atoms with van der Waals surface area (Å²) in [6, 6.07) is 0. The van der Waals surface area contributed by atoms with Crippen molar-refractivity contribution in [2.75, 3.05) is 24.2 Å². The maximum Gasteiger partial charge on any atom is 0.144 e. The molecule has 0 saturated carbocycles. The molecule has 5 heteroatoms. The highest BCUT2D eigenvalue weighted by atomic mass is 16.5. The molecule has 1 aliphatic heterocycles.